The van der Waals surface area contributed by atoms with Gasteiger partial charge in [-0.3, -0.25) is 0 Å². The number of carbonyl (C=O) groups is 1. The second-order valence-corrected chi connectivity index (χ2v) is 6.37. The Labute approximate surface area is 169 Å². The Hall–Kier alpha value is -3.87. The number of ether oxygens (including phenoxy) is 1. The van der Waals surface area contributed by atoms with Crippen LogP contribution in [0.5, 0.6) is 0 Å². The summed E-state index contributed by atoms with van der Waals surface area (Å²) in [6.45, 7) is 0. The normalized spacial score (nSPS) is 11.1. The molecule has 0 aromatic heterocycles. The van der Waals surface area contributed by atoms with Crippen molar-refractivity contribution in [1.82, 2.24) is 0 Å². The zero-order chi connectivity index (χ0) is 20.6. The molecule has 0 saturated carbocycles. The lowest BCUT2D eigenvalue weighted by Crippen LogP contribution is -2.07. The van der Waals surface area contributed by atoms with Crippen LogP contribution >= 0.6 is 0 Å². The zero-order valence-electron chi connectivity index (χ0n) is 16.5. The van der Waals surface area contributed by atoms with Crippen molar-refractivity contribution in [2.24, 2.45) is 20.5 Å². The van der Waals surface area contributed by atoms with Gasteiger partial charge in [-0.1, -0.05) is 0 Å². The Balaban J connectivity index is 1.62. The van der Waals surface area contributed by atoms with Crippen LogP contribution in [0.15, 0.2) is 93.3 Å². The number of nitrogens with zero attached hydrogens (tertiary/aromatic N) is 5. The highest BCUT2D eigenvalue weighted by Crippen LogP contribution is 2.24. The predicted octanol–water partition coefficient (Wildman–Crippen LogP) is 6.37. The summed E-state index contributed by atoms with van der Waals surface area (Å²) in [6.07, 6.45) is 0. The molecule has 0 aliphatic rings. The average molecular weight is 387 g/mol. The highest BCUT2D eigenvalue weighted by atomic mass is 16.5. The topological polar surface area (TPSA) is 79.0 Å². The molecule has 0 amide bonds. The van der Waals surface area contributed by atoms with E-state index in [2.05, 4.69) is 25.2 Å². The predicted molar refractivity (Wildman–Crippen MR) is 113 cm³/mol. The minimum absolute atomic E-state index is 0.383. The number of anilines is 1. The molecular formula is C22H21N5O2. The molecule has 0 fully saturated rings. The molecule has 0 spiro atoms. The third-order valence-electron chi connectivity index (χ3n) is 4.07. The Morgan fingerprint density at radius 2 is 1.00 bits per heavy atom. The van der Waals surface area contributed by atoms with Gasteiger partial charge in [-0.25, -0.2) is 4.79 Å². The number of azo groups is 2. The smallest absolute Gasteiger partial charge is 0.337 e. The monoisotopic (exact) mass is 387 g/mol. The number of esters is 1. The fourth-order valence-corrected chi connectivity index (χ4v) is 2.42. The van der Waals surface area contributed by atoms with E-state index in [1.807, 2.05) is 67.5 Å². The molecule has 7 heteroatoms. The number of benzene rings is 3. The van der Waals surface area contributed by atoms with Crippen LogP contribution in [0.4, 0.5) is 28.4 Å². The van der Waals surface area contributed by atoms with E-state index in [9.17, 15) is 4.79 Å². The summed E-state index contributed by atoms with van der Waals surface area (Å²) in [5.41, 5.74) is 4.42. The third kappa shape index (κ3) is 5.55. The van der Waals surface area contributed by atoms with E-state index < -0.39 is 0 Å². The Morgan fingerprint density at radius 1 is 0.655 bits per heavy atom. The molecule has 7 nitrogen and oxygen atoms in total. The first-order chi connectivity index (χ1) is 14.0. The van der Waals surface area contributed by atoms with Crippen molar-refractivity contribution in [2.75, 3.05) is 26.1 Å². The van der Waals surface area contributed by atoms with Crippen LogP contribution in [0.2, 0.25) is 0 Å². The van der Waals surface area contributed by atoms with Crippen molar-refractivity contribution in [3.05, 3.63) is 78.4 Å². The van der Waals surface area contributed by atoms with Gasteiger partial charge in [0, 0.05) is 19.8 Å². The van der Waals surface area contributed by atoms with Gasteiger partial charge in [-0.2, -0.15) is 20.5 Å². The van der Waals surface area contributed by atoms with Crippen LogP contribution in [-0.2, 0) is 4.74 Å². The quantitative estimate of drug-likeness (QED) is 0.364. The van der Waals surface area contributed by atoms with E-state index >= 15 is 0 Å². The molecule has 3 aromatic carbocycles. The van der Waals surface area contributed by atoms with E-state index in [0.717, 1.165) is 17.1 Å². The summed E-state index contributed by atoms with van der Waals surface area (Å²) < 4.78 is 4.67. The van der Waals surface area contributed by atoms with E-state index in [0.29, 0.717) is 16.9 Å². The van der Waals surface area contributed by atoms with Gasteiger partial charge >= 0.3 is 5.97 Å². The molecule has 0 atom stereocenters. The molecule has 3 aromatic rings. The molecule has 0 saturated heterocycles. The van der Waals surface area contributed by atoms with E-state index in [1.54, 1.807) is 24.3 Å². The SMILES string of the molecule is COC(=O)c1ccc(N=Nc2ccc(N=Nc3ccc(N(C)C)cc3)cc2)cc1. The molecule has 3 rings (SSSR count). The van der Waals surface area contributed by atoms with E-state index in [1.165, 1.54) is 7.11 Å². The summed E-state index contributed by atoms with van der Waals surface area (Å²) in [7, 11) is 5.33. The van der Waals surface area contributed by atoms with Gasteiger partial charge in [-0.15, -0.1) is 0 Å². The summed E-state index contributed by atoms with van der Waals surface area (Å²) >= 11 is 0. The lowest BCUT2D eigenvalue weighted by Gasteiger charge is -2.11. The standard InChI is InChI=1S/C22H21N5O2/c1-27(2)21-14-12-20(13-15-21)26-25-19-10-8-18(9-11-19)24-23-17-6-4-16(5-7-17)22(28)29-3/h4-15H,1-3H3. The van der Waals surface area contributed by atoms with Crippen molar-refractivity contribution in [1.29, 1.82) is 0 Å². The summed E-state index contributed by atoms with van der Waals surface area (Å²) in [5, 5.41) is 16.8. The van der Waals surface area contributed by atoms with Gasteiger partial charge in [0.1, 0.15) is 0 Å². The van der Waals surface area contributed by atoms with Gasteiger partial charge in [0.15, 0.2) is 0 Å². The van der Waals surface area contributed by atoms with Gasteiger partial charge in [-0.05, 0) is 72.8 Å². The van der Waals surface area contributed by atoms with Crippen molar-refractivity contribution in [3.8, 4) is 0 Å². The molecular weight excluding hydrogens is 366 g/mol. The number of rotatable bonds is 6. The fourth-order valence-electron chi connectivity index (χ4n) is 2.42. The van der Waals surface area contributed by atoms with E-state index in [-0.39, 0.29) is 5.97 Å². The lowest BCUT2D eigenvalue weighted by atomic mass is 10.2. The fraction of sp³-hybridized carbons (Fsp3) is 0.136. The van der Waals surface area contributed by atoms with Crippen LogP contribution < -0.4 is 4.90 Å². The highest BCUT2D eigenvalue weighted by Gasteiger charge is 2.03. The molecule has 0 aliphatic carbocycles. The van der Waals surface area contributed by atoms with Crippen molar-refractivity contribution in [3.63, 3.8) is 0 Å². The minimum Gasteiger partial charge on any atom is -0.465 e. The van der Waals surface area contributed by atoms with Crippen LogP contribution in [0.3, 0.4) is 0 Å². The second-order valence-electron chi connectivity index (χ2n) is 6.37. The van der Waals surface area contributed by atoms with Gasteiger partial charge in [0.25, 0.3) is 0 Å². The largest absolute Gasteiger partial charge is 0.465 e. The minimum atomic E-state index is -0.383. The number of hydrogen-bond donors (Lipinski definition) is 0. The first-order valence-corrected chi connectivity index (χ1v) is 8.94. The van der Waals surface area contributed by atoms with Gasteiger partial charge < -0.3 is 9.64 Å². The third-order valence-corrected chi connectivity index (χ3v) is 4.07. The zero-order valence-corrected chi connectivity index (χ0v) is 16.5. The number of carbonyl (C=O) groups excluding carboxylic acids is 1. The molecule has 146 valence electrons. The van der Waals surface area contributed by atoms with Crippen LogP contribution in [0.25, 0.3) is 0 Å². The maximum atomic E-state index is 11.4. The number of methoxy groups -OCH3 is 1. The maximum absolute atomic E-state index is 11.4. The molecule has 0 heterocycles. The Morgan fingerprint density at radius 3 is 1.34 bits per heavy atom. The van der Waals surface area contributed by atoms with Crippen molar-refractivity contribution in [2.45, 2.75) is 0 Å². The Kier molecular flexibility index (Phi) is 6.42. The molecule has 0 radical (unpaired) electrons. The molecule has 0 N–H and O–H groups in total. The van der Waals surface area contributed by atoms with Crippen LogP contribution in [0, 0.1) is 0 Å². The molecule has 0 aliphatic heterocycles. The molecule has 0 bridgehead atoms. The lowest BCUT2D eigenvalue weighted by molar-refractivity contribution is 0.0601. The summed E-state index contributed by atoms with van der Waals surface area (Å²) in [5.74, 6) is -0.383. The molecule has 0 unspecified atom stereocenters. The summed E-state index contributed by atoms with van der Waals surface area (Å²) in [4.78, 5) is 13.5. The second kappa shape index (κ2) is 9.36. The Bertz CT molecular complexity index is 1010. The van der Waals surface area contributed by atoms with E-state index in [4.69, 9.17) is 0 Å². The van der Waals surface area contributed by atoms with Crippen molar-refractivity contribution >= 4 is 34.4 Å². The average Bonchev–Trinajstić information content (AvgIpc) is 2.77. The van der Waals surface area contributed by atoms with Crippen LogP contribution in [-0.4, -0.2) is 27.2 Å². The maximum Gasteiger partial charge on any atom is 0.337 e. The first-order valence-electron chi connectivity index (χ1n) is 8.94. The van der Waals surface area contributed by atoms with Gasteiger partial charge in [0.05, 0.1) is 35.4 Å². The number of hydrogen-bond acceptors (Lipinski definition) is 7. The van der Waals surface area contributed by atoms with Gasteiger partial charge in [0.2, 0.25) is 0 Å². The summed E-state index contributed by atoms with van der Waals surface area (Å²) in [6, 6.07) is 21.8. The first kappa shape index (κ1) is 19.9. The van der Waals surface area contributed by atoms with Crippen molar-refractivity contribution < 1.29 is 9.53 Å². The molecule has 29 heavy (non-hydrogen) atoms. The highest BCUT2D eigenvalue weighted by molar-refractivity contribution is 5.89. The van der Waals surface area contributed by atoms with Crippen LogP contribution in [0.1, 0.15) is 10.4 Å².